The number of aromatic hydroxyl groups is 1. The van der Waals surface area contributed by atoms with E-state index in [-0.39, 0.29) is 0 Å². The molecule has 152 valence electrons. The van der Waals surface area contributed by atoms with Gasteiger partial charge in [-0.25, -0.2) is 0 Å². The summed E-state index contributed by atoms with van der Waals surface area (Å²) in [6.07, 6.45) is 2.36. The predicted molar refractivity (Wildman–Crippen MR) is 129 cm³/mol. The molecule has 1 atom stereocenters. The lowest BCUT2D eigenvalue weighted by molar-refractivity contribution is 0.465. The molecule has 2 heteroatoms. The quantitative estimate of drug-likeness (QED) is 0.363. The summed E-state index contributed by atoms with van der Waals surface area (Å²) >= 11 is 6.26. The van der Waals surface area contributed by atoms with E-state index in [0.29, 0.717) is 10.8 Å². The van der Waals surface area contributed by atoms with Crippen LogP contribution in [0, 0.1) is 13.8 Å². The van der Waals surface area contributed by atoms with Gasteiger partial charge in [0, 0.05) is 5.02 Å². The maximum atomic E-state index is 11.0. The van der Waals surface area contributed by atoms with Crippen molar-refractivity contribution in [3.05, 3.63) is 141 Å². The molecule has 0 spiro atoms. The van der Waals surface area contributed by atoms with E-state index in [1.807, 2.05) is 38.1 Å². The third kappa shape index (κ3) is 3.00. The summed E-state index contributed by atoms with van der Waals surface area (Å²) in [5.74, 6) is 0.357. The van der Waals surface area contributed by atoms with Crippen molar-refractivity contribution in [1.82, 2.24) is 0 Å². The number of benzene rings is 4. The zero-order valence-electron chi connectivity index (χ0n) is 17.6. The van der Waals surface area contributed by atoms with E-state index in [4.69, 9.17) is 11.6 Å². The fourth-order valence-electron chi connectivity index (χ4n) is 4.95. The molecule has 1 unspecified atom stereocenters. The van der Waals surface area contributed by atoms with E-state index in [1.54, 1.807) is 0 Å². The molecule has 0 radical (unpaired) electrons. The fraction of sp³-hybridized carbons (Fsp3) is 0.103. The van der Waals surface area contributed by atoms with Crippen LogP contribution in [0.1, 0.15) is 38.9 Å². The third-order valence-corrected chi connectivity index (χ3v) is 6.64. The predicted octanol–water partition coefficient (Wildman–Crippen LogP) is 7.44. The number of allylic oxidation sites excluding steroid dienone is 1. The zero-order chi connectivity index (χ0) is 21.6. The maximum absolute atomic E-state index is 11.0. The molecule has 4 aromatic rings. The summed E-state index contributed by atoms with van der Waals surface area (Å²) in [6, 6.07) is 31.2. The summed E-state index contributed by atoms with van der Waals surface area (Å²) in [5.41, 5.74) is 8.20. The van der Waals surface area contributed by atoms with Crippen LogP contribution in [0.25, 0.3) is 5.57 Å². The highest BCUT2D eigenvalue weighted by molar-refractivity contribution is 6.30. The first-order valence-corrected chi connectivity index (χ1v) is 10.8. The molecule has 1 aliphatic rings. The first kappa shape index (κ1) is 19.7. The van der Waals surface area contributed by atoms with Crippen LogP contribution in [0.3, 0.4) is 0 Å². The molecule has 1 N–H and O–H groups in total. The van der Waals surface area contributed by atoms with Gasteiger partial charge in [-0.2, -0.15) is 0 Å². The highest BCUT2D eigenvalue weighted by Gasteiger charge is 2.43. The van der Waals surface area contributed by atoms with Crippen molar-refractivity contribution in [2.75, 3.05) is 0 Å². The van der Waals surface area contributed by atoms with Gasteiger partial charge in [-0.05, 0) is 76.6 Å². The molecule has 0 saturated carbocycles. The lowest BCUT2D eigenvalue weighted by Gasteiger charge is -2.32. The van der Waals surface area contributed by atoms with E-state index in [2.05, 4.69) is 72.8 Å². The Hall–Kier alpha value is -3.29. The van der Waals surface area contributed by atoms with Gasteiger partial charge in [0.05, 0.1) is 5.41 Å². The zero-order valence-corrected chi connectivity index (χ0v) is 18.3. The average molecular weight is 423 g/mol. The highest BCUT2D eigenvalue weighted by atomic mass is 35.5. The van der Waals surface area contributed by atoms with Gasteiger partial charge >= 0.3 is 0 Å². The van der Waals surface area contributed by atoms with E-state index >= 15 is 0 Å². The van der Waals surface area contributed by atoms with Crippen molar-refractivity contribution in [2.24, 2.45) is 0 Å². The lowest BCUT2D eigenvalue weighted by Crippen LogP contribution is -2.26. The highest BCUT2D eigenvalue weighted by Crippen LogP contribution is 2.54. The van der Waals surface area contributed by atoms with Crippen molar-refractivity contribution < 1.29 is 5.11 Å². The minimum atomic E-state index is -0.526. The van der Waals surface area contributed by atoms with Crippen LogP contribution in [0.5, 0.6) is 5.75 Å². The second-order valence-corrected chi connectivity index (χ2v) is 8.63. The Morgan fingerprint density at radius 3 is 1.97 bits per heavy atom. The Morgan fingerprint density at radius 2 is 1.32 bits per heavy atom. The van der Waals surface area contributed by atoms with Gasteiger partial charge in [0.15, 0.2) is 0 Å². The van der Waals surface area contributed by atoms with Gasteiger partial charge in [0.2, 0.25) is 0 Å². The van der Waals surface area contributed by atoms with Crippen LogP contribution in [0.15, 0.2) is 97.1 Å². The number of phenolic OH excluding ortho intramolecular Hbond substituents is 1. The Morgan fingerprint density at radius 1 is 0.742 bits per heavy atom. The van der Waals surface area contributed by atoms with Crippen molar-refractivity contribution in [1.29, 1.82) is 0 Å². The van der Waals surface area contributed by atoms with E-state index in [9.17, 15) is 5.11 Å². The second kappa shape index (κ2) is 7.44. The molecule has 1 aliphatic carbocycles. The normalized spacial score (nSPS) is 17.3. The first-order chi connectivity index (χ1) is 15.0. The first-order valence-electron chi connectivity index (χ1n) is 10.5. The van der Waals surface area contributed by atoms with Crippen LogP contribution in [-0.2, 0) is 5.41 Å². The third-order valence-electron chi connectivity index (χ3n) is 6.39. The number of hydrogen-bond donors (Lipinski definition) is 1. The van der Waals surface area contributed by atoms with Gasteiger partial charge in [-0.15, -0.1) is 0 Å². The second-order valence-electron chi connectivity index (χ2n) is 8.19. The van der Waals surface area contributed by atoms with E-state index in [1.165, 1.54) is 11.1 Å². The Kier molecular flexibility index (Phi) is 4.72. The van der Waals surface area contributed by atoms with Crippen LogP contribution in [0.4, 0.5) is 0 Å². The topological polar surface area (TPSA) is 20.2 Å². The Balaban J connectivity index is 1.94. The summed E-state index contributed by atoms with van der Waals surface area (Å²) < 4.78 is 0. The van der Waals surface area contributed by atoms with Crippen molar-refractivity contribution in [3.8, 4) is 5.75 Å². The molecule has 0 fully saturated rings. The molecule has 31 heavy (non-hydrogen) atoms. The smallest absolute Gasteiger partial charge is 0.121 e. The molecule has 4 aromatic carbocycles. The molecular formula is C29H23ClO. The van der Waals surface area contributed by atoms with Crippen molar-refractivity contribution in [3.63, 3.8) is 0 Å². The van der Waals surface area contributed by atoms with Gasteiger partial charge in [-0.1, -0.05) is 90.5 Å². The van der Waals surface area contributed by atoms with Crippen LogP contribution in [0.2, 0.25) is 5.02 Å². The molecule has 0 aliphatic heterocycles. The molecule has 0 aromatic heterocycles. The molecular weight excluding hydrogens is 400 g/mol. The minimum absolute atomic E-state index is 0.357. The minimum Gasteiger partial charge on any atom is -0.507 e. The summed E-state index contributed by atoms with van der Waals surface area (Å²) in [5, 5.41) is 11.7. The SMILES string of the molecule is Cc1cc2c(c(C)c1O)C(c1ccccc1)(c1ccc(Cl)cc1)C=C2c1ccccc1. The van der Waals surface area contributed by atoms with Gasteiger partial charge < -0.3 is 5.11 Å². The largest absolute Gasteiger partial charge is 0.507 e. The molecule has 0 bridgehead atoms. The standard InChI is InChI=1S/C29H23ClO/c1-19-17-25-26(21-9-5-3-6-10-21)18-29(22-11-7-4-8-12-22,27(25)20(2)28(19)31)23-13-15-24(30)16-14-23/h3-18,31H,1-2H3. The number of rotatable bonds is 3. The maximum Gasteiger partial charge on any atom is 0.121 e. The molecule has 0 heterocycles. The molecule has 0 saturated heterocycles. The van der Waals surface area contributed by atoms with Crippen molar-refractivity contribution in [2.45, 2.75) is 19.3 Å². The van der Waals surface area contributed by atoms with Gasteiger partial charge in [-0.3, -0.25) is 0 Å². The molecule has 5 rings (SSSR count). The fourth-order valence-corrected chi connectivity index (χ4v) is 5.08. The van der Waals surface area contributed by atoms with Gasteiger partial charge in [0.25, 0.3) is 0 Å². The van der Waals surface area contributed by atoms with Gasteiger partial charge in [0.1, 0.15) is 5.75 Å². The summed E-state index contributed by atoms with van der Waals surface area (Å²) in [6.45, 7) is 3.99. The summed E-state index contributed by atoms with van der Waals surface area (Å²) in [7, 11) is 0. The number of phenols is 1. The van der Waals surface area contributed by atoms with Crippen LogP contribution in [-0.4, -0.2) is 5.11 Å². The van der Waals surface area contributed by atoms with Crippen LogP contribution >= 0.6 is 11.6 Å². The lowest BCUT2D eigenvalue weighted by atomic mass is 9.69. The molecule has 1 nitrogen and oxygen atoms in total. The van der Waals surface area contributed by atoms with E-state index < -0.39 is 5.41 Å². The number of halogens is 1. The number of hydrogen-bond acceptors (Lipinski definition) is 1. The number of fused-ring (bicyclic) bond motifs is 1. The number of aryl methyl sites for hydroxylation is 1. The van der Waals surface area contributed by atoms with Crippen LogP contribution < -0.4 is 0 Å². The Bertz CT molecular complexity index is 1290. The molecule has 0 amide bonds. The average Bonchev–Trinajstić information content (AvgIpc) is 3.15. The monoisotopic (exact) mass is 422 g/mol. The van der Waals surface area contributed by atoms with Crippen molar-refractivity contribution >= 4 is 17.2 Å². The van der Waals surface area contributed by atoms with E-state index in [0.717, 1.165) is 33.4 Å². The summed E-state index contributed by atoms with van der Waals surface area (Å²) in [4.78, 5) is 0. The Labute approximate surface area is 188 Å².